The SMILES string of the molecule is CC(C)(Cc1ccc(F)cc1)S(=O)(=O)Cl. The average Bonchev–Trinajstić information content (AvgIpc) is 2.06. The zero-order valence-electron chi connectivity index (χ0n) is 8.50. The third-order valence-corrected chi connectivity index (χ3v) is 4.92. The van der Waals surface area contributed by atoms with Crippen LogP contribution in [0.3, 0.4) is 0 Å². The minimum absolute atomic E-state index is 0.263. The molecule has 5 heteroatoms. The van der Waals surface area contributed by atoms with E-state index < -0.39 is 13.8 Å². The smallest absolute Gasteiger partial charge is 0.212 e. The fourth-order valence-electron chi connectivity index (χ4n) is 1.18. The maximum Gasteiger partial charge on any atom is 0.238 e. The molecule has 0 amide bonds. The Balaban J connectivity index is 2.92. The molecule has 1 rings (SSSR count). The number of hydrogen-bond acceptors (Lipinski definition) is 2. The molecule has 0 heterocycles. The van der Waals surface area contributed by atoms with Crippen LogP contribution in [-0.2, 0) is 15.5 Å². The molecule has 0 aromatic heterocycles. The second-order valence-corrected chi connectivity index (χ2v) is 7.20. The van der Waals surface area contributed by atoms with Gasteiger partial charge in [0.05, 0.1) is 4.75 Å². The maximum absolute atomic E-state index is 12.6. The first-order valence-electron chi connectivity index (χ1n) is 4.41. The van der Waals surface area contributed by atoms with Gasteiger partial charge in [-0.3, -0.25) is 0 Å². The van der Waals surface area contributed by atoms with Crippen LogP contribution in [0.1, 0.15) is 19.4 Å². The molecular formula is C10H12ClFO2S. The van der Waals surface area contributed by atoms with Crippen molar-refractivity contribution in [2.75, 3.05) is 0 Å². The molecule has 0 fully saturated rings. The Labute approximate surface area is 93.5 Å². The van der Waals surface area contributed by atoms with Crippen LogP contribution in [0, 0.1) is 5.82 Å². The molecule has 0 bridgehead atoms. The lowest BCUT2D eigenvalue weighted by Crippen LogP contribution is -2.30. The normalized spacial score (nSPS) is 12.8. The summed E-state index contributed by atoms with van der Waals surface area (Å²) >= 11 is 0. The van der Waals surface area contributed by atoms with Crippen LogP contribution >= 0.6 is 10.7 Å². The molecule has 0 radical (unpaired) electrons. The third kappa shape index (κ3) is 3.18. The minimum atomic E-state index is -3.63. The molecule has 0 saturated carbocycles. The molecule has 0 saturated heterocycles. The number of halogens is 2. The van der Waals surface area contributed by atoms with Crippen molar-refractivity contribution in [3.8, 4) is 0 Å². The van der Waals surface area contributed by atoms with Crippen LogP contribution in [0.25, 0.3) is 0 Å². The lowest BCUT2D eigenvalue weighted by Gasteiger charge is -2.20. The molecule has 1 aromatic rings. The summed E-state index contributed by atoms with van der Waals surface area (Å²) in [4.78, 5) is 0. The van der Waals surface area contributed by atoms with E-state index in [4.69, 9.17) is 10.7 Å². The van der Waals surface area contributed by atoms with Crippen molar-refractivity contribution in [2.24, 2.45) is 0 Å². The number of benzene rings is 1. The standard InChI is InChI=1S/C10H12ClFO2S/c1-10(2,15(11,13)14)7-8-3-5-9(12)6-4-8/h3-6H,7H2,1-2H3. The number of hydrogen-bond donors (Lipinski definition) is 0. The Morgan fingerprint density at radius 3 is 2.13 bits per heavy atom. The molecule has 0 N–H and O–H groups in total. The molecule has 84 valence electrons. The quantitative estimate of drug-likeness (QED) is 0.773. The molecule has 1 aromatic carbocycles. The molecule has 0 spiro atoms. The van der Waals surface area contributed by atoms with Gasteiger partial charge in [-0.1, -0.05) is 12.1 Å². The minimum Gasteiger partial charge on any atom is -0.212 e. The molecule has 0 aliphatic carbocycles. The van der Waals surface area contributed by atoms with E-state index in [2.05, 4.69) is 0 Å². The van der Waals surface area contributed by atoms with Gasteiger partial charge in [-0.25, -0.2) is 12.8 Å². The Bertz CT molecular complexity index is 437. The van der Waals surface area contributed by atoms with Crippen LogP contribution in [0.15, 0.2) is 24.3 Å². The highest BCUT2D eigenvalue weighted by atomic mass is 35.7. The zero-order chi connectivity index (χ0) is 11.7. The summed E-state index contributed by atoms with van der Waals surface area (Å²) in [5.41, 5.74) is 0.741. The Kier molecular flexibility index (Phi) is 3.41. The van der Waals surface area contributed by atoms with Gasteiger partial charge >= 0.3 is 0 Å². The van der Waals surface area contributed by atoms with Gasteiger partial charge in [-0.05, 0) is 38.0 Å². The van der Waals surface area contributed by atoms with E-state index in [0.717, 1.165) is 5.56 Å². The van der Waals surface area contributed by atoms with Gasteiger partial charge in [0.1, 0.15) is 5.82 Å². The summed E-state index contributed by atoms with van der Waals surface area (Å²) < 4.78 is 34.0. The van der Waals surface area contributed by atoms with E-state index in [9.17, 15) is 12.8 Å². The summed E-state index contributed by atoms with van der Waals surface area (Å²) in [6.45, 7) is 3.08. The van der Waals surface area contributed by atoms with Crippen LogP contribution in [0.5, 0.6) is 0 Å². The molecule has 2 nitrogen and oxygen atoms in total. The van der Waals surface area contributed by atoms with Gasteiger partial charge in [0.15, 0.2) is 0 Å². The predicted molar refractivity (Wildman–Crippen MR) is 59.0 cm³/mol. The maximum atomic E-state index is 12.6. The van der Waals surface area contributed by atoms with E-state index in [1.165, 1.54) is 12.1 Å². The molecule has 0 unspecified atom stereocenters. The van der Waals surface area contributed by atoms with Crippen LogP contribution in [0.4, 0.5) is 4.39 Å². The number of rotatable bonds is 3. The lowest BCUT2D eigenvalue weighted by atomic mass is 10.0. The van der Waals surface area contributed by atoms with E-state index >= 15 is 0 Å². The first-order chi connectivity index (χ1) is 6.72. The van der Waals surface area contributed by atoms with Crippen LogP contribution < -0.4 is 0 Å². The molecule has 15 heavy (non-hydrogen) atoms. The van der Waals surface area contributed by atoms with Gasteiger partial charge in [-0.2, -0.15) is 0 Å². The molecule has 0 aliphatic heterocycles. The van der Waals surface area contributed by atoms with Crippen molar-refractivity contribution in [1.29, 1.82) is 0 Å². The molecule has 0 atom stereocenters. The fourth-order valence-corrected chi connectivity index (χ4v) is 1.68. The summed E-state index contributed by atoms with van der Waals surface area (Å²) in [7, 11) is 1.67. The highest BCUT2D eigenvalue weighted by Gasteiger charge is 2.32. The second-order valence-electron chi connectivity index (χ2n) is 4.00. The van der Waals surface area contributed by atoms with Crippen molar-refractivity contribution in [3.63, 3.8) is 0 Å². The van der Waals surface area contributed by atoms with Gasteiger partial charge < -0.3 is 0 Å². The van der Waals surface area contributed by atoms with Gasteiger partial charge in [-0.15, -0.1) is 0 Å². The van der Waals surface area contributed by atoms with E-state index in [1.807, 2.05) is 0 Å². The van der Waals surface area contributed by atoms with Crippen molar-refractivity contribution in [3.05, 3.63) is 35.6 Å². The first-order valence-corrected chi connectivity index (χ1v) is 6.72. The monoisotopic (exact) mass is 250 g/mol. The average molecular weight is 251 g/mol. The third-order valence-electron chi connectivity index (χ3n) is 2.20. The zero-order valence-corrected chi connectivity index (χ0v) is 10.1. The summed E-state index contributed by atoms with van der Waals surface area (Å²) in [6, 6.07) is 5.71. The fraction of sp³-hybridized carbons (Fsp3) is 0.400. The van der Waals surface area contributed by atoms with Crippen molar-refractivity contribution >= 4 is 19.7 Å². The van der Waals surface area contributed by atoms with Crippen molar-refractivity contribution in [1.82, 2.24) is 0 Å². The van der Waals surface area contributed by atoms with E-state index in [1.54, 1.807) is 26.0 Å². The van der Waals surface area contributed by atoms with Crippen molar-refractivity contribution < 1.29 is 12.8 Å². The lowest BCUT2D eigenvalue weighted by molar-refractivity contribution is 0.558. The highest BCUT2D eigenvalue weighted by molar-refractivity contribution is 8.14. The summed E-state index contributed by atoms with van der Waals surface area (Å²) in [5.74, 6) is -0.342. The summed E-state index contributed by atoms with van der Waals surface area (Å²) in [5, 5.41) is 0. The predicted octanol–water partition coefficient (Wildman–Crippen LogP) is 2.72. The van der Waals surface area contributed by atoms with Crippen LogP contribution in [0.2, 0.25) is 0 Å². The van der Waals surface area contributed by atoms with Crippen molar-refractivity contribution in [2.45, 2.75) is 25.0 Å². The topological polar surface area (TPSA) is 34.1 Å². The Hall–Kier alpha value is -0.610. The van der Waals surface area contributed by atoms with Gasteiger partial charge in [0.25, 0.3) is 0 Å². The van der Waals surface area contributed by atoms with E-state index in [-0.39, 0.29) is 12.2 Å². The highest BCUT2D eigenvalue weighted by Crippen LogP contribution is 2.25. The largest absolute Gasteiger partial charge is 0.238 e. The Morgan fingerprint density at radius 1 is 1.27 bits per heavy atom. The van der Waals surface area contributed by atoms with Crippen LogP contribution in [-0.4, -0.2) is 13.2 Å². The Morgan fingerprint density at radius 2 is 1.73 bits per heavy atom. The van der Waals surface area contributed by atoms with Gasteiger partial charge in [0.2, 0.25) is 9.05 Å². The summed E-state index contributed by atoms with van der Waals surface area (Å²) in [6.07, 6.45) is 0.263. The molecular weight excluding hydrogens is 239 g/mol. The molecule has 0 aliphatic rings. The van der Waals surface area contributed by atoms with Gasteiger partial charge in [0, 0.05) is 10.7 Å². The first kappa shape index (κ1) is 12.5. The second kappa shape index (κ2) is 4.10. The van der Waals surface area contributed by atoms with E-state index in [0.29, 0.717) is 0 Å².